The van der Waals surface area contributed by atoms with E-state index in [0.29, 0.717) is 17.7 Å². The quantitative estimate of drug-likeness (QED) is 0.768. The van der Waals surface area contributed by atoms with Crippen LogP contribution in [0.25, 0.3) is 0 Å². The molecule has 0 radical (unpaired) electrons. The van der Waals surface area contributed by atoms with E-state index >= 15 is 0 Å². The summed E-state index contributed by atoms with van der Waals surface area (Å²) in [6.07, 6.45) is -3.44. The highest BCUT2D eigenvalue weighted by molar-refractivity contribution is 5.91. The van der Waals surface area contributed by atoms with Crippen LogP contribution in [0.1, 0.15) is 19.3 Å². The van der Waals surface area contributed by atoms with E-state index in [-0.39, 0.29) is 18.9 Å². The maximum absolute atomic E-state index is 12.3. The van der Waals surface area contributed by atoms with Crippen LogP contribution < -0.4 is 5.32 Å². The molecule has 2 fully saturated rings. The molecule has 2 unspecified atom stereocenters. The highest BCUT2D eigenvalue weighted by Gasteiger charge is 2.43. The molecule has 1 heterocycles. The van der Waals surface area contributed by atoms with Crippen LogP contribution in [0.3, 0.4) is 0 Å². The van der Waals surface area contributed by atoms with Gasteiger partial charge in [0, 0.05) is 13.0 Å². The summed E-state index contributed by atoms with van der Waals surface area (Å²) in [4.78, 5) is 35.0. The number of amides is 2. The summed E-state index contributed by atoms with van der Waals surface area (Å²) in [5.41, 5.74) is 0. The number of carboxylic acids is 1. The lowest BCUT2D eigenvalue weighted by Gasteiger charge is -2.19. The first-order valence-corrected chi connectivity index (χ1v) is 6.55. The molecule has 1 saturated heterocycles. The van der Waals surface area contributed by atoms with Gasteiger partial charge in [0.2, 0.25) is 11.8 Å². The van der Waals surface area contributed by atoms with Crippen molar-refractivity contribution in [3.8, 4) is 0 Å². The number of hydrogen-bond donors (Lipinski definition) is 2. The Morgan fingerprint density at radius 3 is 2.48 bits per heavy atom. The first-order chi connectivity index (χ1) is 9.67. The molecule has 0 aromatic rings. The minimum absolute atomic E-state index is 0.130. The number of nitrogens with one attached hydrogen (secondary N) is 1. The highest BCUT2D eigenvalue weighted by Crippen LogP contribution is 2.33. The van der Waals surface area contributed by atoms with E-state index in [1.165, 1.54) is 0 Å². The molecule has 2 rings (SSSR count). The Kier molecular flexibility index (Phi) is 4.11. The predicted octanol–water partition coefficient (Wildman–Crippen LogP) is 0.377. The van der Waals surface area contributed by atoms with Crippen LogP contribution in [0.2, 0.25) is 0 Å². The molecule has 2 atom stereocenters. The summed E-state index contributed by atoms with van der Waals surface area (Å²) in [6.45, 7) is -1.72. The molecule has 2 N–H and O–H groups in total. The van der Waals surface area contributed by atoms with Gasteiger partial charge >= 0.3 is 12.1 Å². The number of likely N-dealkylation sites (tertiary alicyclic amines) is 1. The molecule has 1 aliphatic carbocycles. The van der Waals surface area contributed by atoms with Crippen molar-refractivity contribution < 1.29 is 32.7 Å². The predicted molar refractivity (Wildman–Crippen MR) is 63.0 cm³/mol. The summed E-state index contributed by atoms with van der Waals surface area (Å²) in [6, 6.07) is -1.02. The van der Waals surface area contributed by atoms with E-state index in [9.17, 15) is 27.6 Å². The fraction of sp³-hybridized carbons (Fsp3) is 0.750. The zero-order valence-electron chi connectivity index (χ0n) is 11.0. The minimum atomic E-state index is -4.52. The maximum atomic E-state index is 12.3. The second kappa shape index (κ2) is 5.53. The van der Waals surface area contributed by atoms with Crippen molar-refractivity contribution in [3.63, 3.8) is 0 Å². The van der Waals surface area contributed by atoms with Crippen molar-refractivity contribution in [2.45, 2.75) is 31.5 Å². The number of alkyl halides is 3. The SMILES string of the molecule is O=C(NC(C(=O)O)C1CC1)C1CC(=O)N(CC(F)(F)F)C1. The average molecular weight is 308 g/mol. The number of carbonyl (C=O) groups is 3. The van der Waals surface area contributed by atoms with Crippen LogP contribution in [-0.4, -0.2) is 53.1 Å². The molecule has 21 heavy (non-hydrogen) atoms. The number of hydrogen-bond acceptors (Lipinski definition) is 3. The third kappa shape index (κ3) is 4.08. The normalized spacial score (nSPS) is 24.0. The fourth-order valence-corrected chi connectivity index (χ4v) is 2.40. The van der Waals surface area contributed by atoms with E-state index in [1.54, 1.807) is 0 Å². The molecule has 0 aromatic heterocycles. The lowest BCUT2D eigenvalue weighted by atomic mass is 10.1. The molecule has 0 bridgehead atoms. The third-order valence-electron chi connectivity index (χ3n) is 3.61. The van der Waals surface area contributed by atoms with E-state index in [2.05, 4.69) is 5.32 Å². The van der Waals surface area contributed by atoms with Gasteiger partial charge in [0.15, 0.2) is 0 Å². The first kappa shape index (κ1) is 15.6. The molecule has 2 aliphatic rings. The largest absolute Gasteiger partial charge is 0.480 e. The van der Waals surface area contributed by atoms with Crippen molar-refractivity contribution in [1.29, 1.82) is 0 Å². The Labute approximate surface area is 118 Å². The van der Waals surface area contributed by atoms with E-state index in [4.69, 9.17) is 5.11 Å². The van der Waals surface area contributed by atoms with Gasteiger partial charge in [-0.3, -0.25) is 9.59 Å². The summed E-state index contributed by atoms with van der Waals surface area (Å²) in [5.74, 6) is -3.64. The minimum Gasteiger partial charge on any atom is -0.480 e. The number of aliphatic carboxylic acids is 1. The van der Waals surface area contributed by atoms with Crippen LogP contribution in [0.5, 0.6) is 0 Å². The summed E-state index contributed by atoms with van der Waals surface area (Å²) in [7, 11) is 0. The second-order valence-corrected chi connectivity index (χ2v) is 5.45. The molecular formula is C12H15F3N2O4. The Morgan fingerprint density at radius 1 is 1.38 bits per heavy atom. The van der Waals surface area contributed by atoms with Gasteiger partial charge in [0.1, 0.15) is 12.6 Å². The second-order valence-electron chi connectivity index (χ2n) is 5.45. The molecule has 9 heteroatoms. The molecule has 1 saturated carbocycles. The third-order valence-corrected chi connectivity index (χ3v) is 3.61. The van der Waals surface area contributed by atoms with Crippen molar-refractivity contribution in [2.75, 3.05) is 13.1 Å². The standard InChI is InChI=1S/C12H15F3N2O4/c13-12(14,15)5-17-4-7(3-8(17)18)10(19)16-9(11(20)21)6-1-2-6/h6-7,9H,1-5H2,(H,16,19)(H,20,21). The summed E-state index contributed by atoms with van der Waals surface area (Å²) in [5, 5.41) is 11.3. The van der Waals surface area contributed by atoms with Gasteiger partial charge in [-0.15, -0.1) is 0 Å². The topological polar surface area (TPSA) is 86.7 Å². The number of rotatable bonds is 5. The number of carbonyl (C=O) groups excluding carboxylic acids is 2. The van der Waals surface area contributed by atoms with Gasteiger partial charge in [0.05, 0.1) is 5.92 Å². The van der Waals surface area contributed by atoms with Gasteiger partial charge in [0.25, 0.3) is 0 Å². The molecule has 0 spiro atoms. The molecule has 6 nitrogen and oxygen atoms in total. The average Bonchev–Trinajstić information content (AvgIpc) is 3.10. The van der Waals surface area contributed by atoms with Crippen molar-refractivity contribution in [2.24, 2.45) is 11.8 Å². The Hall–Kier alpha value is -1.80. The smallest absolute Gasteiger partial charge is 0.406 e. The number of nitrogens with zero attached hydrogens (tertiary/aromatic N) is 1. The lowest BCUT2D eigenvalue weighted by Crippen LogP contribution is -2.45. The van der Waals surface area contributed by atoms with Gasteiger partial charge in [-0.25, -0.2) is 4.79 Å². The Balaban J connectivity index is 1.92. The highest BCUT2D eigenvalue weighted by atomic mass is 19.4. The molecular weight excluding hydrogens is 293 g/mol. The van der Waals surface area contributed by atoms with Crippen LogP contribution in [0.4, 0.5) is 13.2 Å². The molecule has 1 aliphatic heterocycles. The number of halogens is 3. The summed E-state index contributed by atoms with van der Waals surface area (Å²) >= 11 is 0. The van der Waals surface area contributed by atoms with Crippen LogP contribution in [0.15, 0.2) is 0 Å². The lowest BCUT2D eigenvalue weighted by molar-refractivity contribution is -0.157. The van der Waals surface area contributed by atoms with E-state index in [0.717, 1.165) is 0 Å². The molecule has 0 aromatic carbocycles. The monoisotopic (exact) mass is 308 g/mol. The zero-order valence-corrected chi connectivity index (χ0v) is 11.0. The van der Waals surface area contributed by atoms with Gasteiger partial charge in [-0.2, -0.15) is 13.2 Å². The molecule has 118 valence electrons. The van der Waals surface area contributed by atoms with Crippen molar-refractivity contribution in [1.82, 2.24) is 10.2 Å². The van der Waals surface area contributed by atoms with Crippen LogP contribution in [-0.2, 0) is 14.4 Å². The van der Waals surface area contributed by atoms with Crippen molar-refractivity contribution >= 4 is 17.8 Å². The first-order valence-electron chi connectivity index (χ1n) is 6.55. The van der Waals surface area contributed by atoms with Gasteiger partial charge in [-0.1, -0.05) is 0 Å². The van der Waals surface area contributed by atoms with E-state index < -0.39 is 42.5 Å². The zero-order chi connectivity index (χ0) is 15.8. The van der Waals surface area contributed by atoms with Gasteiger partial charge in [-0.05, 0) is 18.8 Å². The summed E-state index contributed by atoms with van der Waals surface area (Å²) < 4.78 is 36.8. The van der Waals surface area contributed by atoms with Crippen LogP contribution >= 0.6 is 0 Å². The number of carboxylic acid groups (broad SMARTS) is 1. The molecule has 2 amide bonds. The van der Waals surface area contributed by atoms with Gasteiger partial charge < -0.3 is 15.3 Å². The fourth-order valence-electron chi connectivity index (χ4n) is 2.40. The van der Waals surface area contributed by atoms with Crippen LogP contribution in [0, 0.1) is 11.8 Å². The Morgan fingerprint density at radius 2 is 2.00 bits per heavy atom. The maximum Gasteiger partial charge on any atom is 0.406 e. The van der Waals surface area contributed by atoms with E-state index in [1.807, 2.05) is 0 Å². The van der Waals surface area contributed by atoms with Crippen molar-refractivity contribution in [3.05, 3.63) is 0 Å². The Bertz CT molecular complexity index is 462.